The molecule has 0 fully saturated rings. The molecule has 32 heavy (non-hydrogen) atoms. The van der Waals surface area contributed by atoms with Crippen molar-refractivity contribution in [1.29, 1.82) is 0 Å². The van der Waals surface area contributed by atoms with Gasteiger partial charge in [-0.2, -0.15) is 0 Å². The first-order valence-electron chi connectivity index (χ1n) is 10.9. The quantitative estimate of drug-likeness (QED) is 0.451. The summed E-state index contributed by atoms with van der Waals surface area (Å²) in [5.41, 5.74) is 3.94. The number of carbonyl (C=O) groups is 2. The molecule has 0 spiro atoms. The number of carbonyl (C=O) groups excluding carboxylic acids is 2. The van der Waals surface area contributed by atoms with Crippen LogP contribution in [0.5, 0.6) is 0 Å². The second kappa shape index (κ2) is 8.42. The molecule has 5 rings (SSSR count). The number of esters is 1. The molecule has 0 saturated carbocycles. The second-order valence-electron chi connectivity index (χ2n) is 8.46. The smallest absolute Gasteiger partial charge is 0.339 e. The Labute approximate surface area is 186 Å². The van der Waals surface area contributed by atoms with Gasteiger partial charge in [-0.1, -0.05) is 55.5 Å². The maximum atomic E-state index is 13.1. The molecular weight excluding hydrogens is 400 g/mol. The van der Waals surface area contributed by atoms with Gasteiger partial charge in [-0.25, -0.2) is 4.79 Å². The number of fused-ring (bicyclic) bond motifs is 3. The predicted octanol–water partition coefficient (Wildman–Crippen LogP) is 5.31. The number of ether oxygens (including phenoxy) is 1. The summed E-state index contributed by atoms with van der Waals surface area (Å²) in [4.78, 5) is 30.4. The summed E-state index contributed by atoms with van der Waals surface area (Å²) < 4.78 is 5.48. The van der Waals surface area contributed by atoms with Crippen molar-refractivity contribution in [2.75, 3.05) is 11.9 Å². The molecule has 160 valence electrons. The Morgan fingerprint density at radius 2 is 1.81 bits per heavy atom. The highest BCUT2D eigenvalue weighted by molar-refractivity contribution is 6.06. The number of benzene rings is 3. The van der Waals surface area contributed by atoms with E-state index in [0.29, 0.717) is 17.2 Å². The minimum absolute atomic E-state index is 0.341. The van der Waals surface area contributed by atoms with Crippen LogP contribution in [0.25, 0.3) is 21.7 Å². The summed E-state index contributed by atoms with van der Waals surface area (Å²) in [6.07, 6.45) is 2.70. The van der Waals surface area contributed by atoms with Gasteiger partial charge < -0.3 is 10.1 Å². The van der Waals surface area contributed by atoms with Crippen molar-refractivity contribution in [2.45, 2.75) is 26.2 Å². The number of hydrogen-bond donors (Lipinski definition) is 1. The lowest BCUT2D eigenvalue weighted by atomic mass is 9.84. The molecule has 1 heterocycles. The van der Waals surface area contributed by atoms with Crippen LogP contribution < -0.4 is 5.32 Å². The van der Waals surface area contributed by atoms with Crippen molar-refractivity contribution in [3.8, 4) is 0 Å². The van der Waals surface area contributed by atoms with Gasteiger partial charge in [0.05, 0.1) is 11.1 Å². The molecular formula is C27H24N2O3. The van der Waals surface area contributed by atoms with Crippen molar-refractivity contribution in [3.63, 3.8) is 0 Å². The highest BCUT2D eigenvalue weighted by atomic mass is 16.5. The molecule has 3 aromatic carbocycles. The van der Waals surface area contributed by atoms with Gasteiger partial charge in [0.25, 0.3) is 5.91 Å². The Morgan fingerprint density at radius 3 is 2.69 bits per heavy atom. The average Bonchev–Trinajstić information content (AvgIpc) is 2.81. The summed E-state index contributed by atoms with van der Waals surface area (Å²) in [5.74, 6) is -0.356. The number of aromatic nitrogens is 1. The van der Waals surface area contributed by atoms with Gasteiger partial charge in [0.1, 0.15) is 0 Å². The third kappa shape index (κ3) is 3.94. The third-order valence-electron chi connectivity index (χ3n) is 6.08. The van der Waals surface area contributed by atoms with E-state index in [2.05, 4.69) is 12.2 Å². The Bertz CT molecular complexity index is 1350. The molecule has 0 radical (unpaired) electrons. The number of amides is 1. The SMILES string of the molecule is C[C@@H]1CCc2nc3ccccc3c(C(=O)OCC(=O)Nc3ccc4ccccc4c3)c2C1. The van der Waals surface area contributed by atoms with Gasteiger partial charge >= 0.3 is 5.97 Å². The summed E-state index contributed by atoms with van der Waals surface area (Å²) in [6, 6.07) is 21.3. The van der Waals surface area contributed by atoms with E-state index in [-0.39, 0.29) is 12.5 Å². The number of hydrogen-bond acceptors (Lipinski definition) is 4. The predicted molar refractivity (Wildman–Crippen MR) is 126 cm³/mol. The topological polar surface area (TPSA) is 68.3 Å². The van der Waals surface area contributed by atoms with Crippen LogP contribution >= 0.6 is 0 Å². The molecule has 1 aromatic heterocycles. The number of nitrogens with zero attached hydrogens (tertiary/aromatic N) is 1. The van der Waals surface area contributed by atoms with Crippen LogP contribution in [0.1, 0.15) is 35.0 Å². The van der Waals surface area contributed by atoms with E-state index in [9.17, 15) is 9.59 Å². The Kier molecular flexibility index (Phi) is 5.31. The molecule has 4 aromatic rings. The third-order valence-corrected chi connectivity index (χ3v) is 6.08. The zero-order valence-electron chi connectivity index (χ0n) is 17.9. The van der Waals surface area contributed by atoms with Crippen LogP contribution in [0.15, 0.2) is 66.7 Å². The average molecular weight is 425 g/mol. The van der Waals surface area contributed by atoms with Gasteiger partial charge in [-0.05, 0) is 59.7 Å². The van der Waals surface area contributed by atoms with Crippen molar-refractivity contribution in [2.24, 2.45) is 5.92 Å². The van der Waals surface area contributed by atoms with Crippen molar-refractivity contribution in [3.05, 3.63) is 83.6 Å². The van der Waals surface area contributed by atoms with E-state index in [1.807, 2.05) is 66.7 Å². The lowest BCUT2D eigenvalue weighted by Crippen LogP contribution is -2.23. The van der Waals surface area contributed by atoms with Crippen molar-refractivity contribution >= 4 is 39.2 Å². The van der Waals surface area contributed by atoms with Gasteiger partial charge in [0, 0.05) is 16.8 Å². The fraction of sp³-hybridized carbons (Fsp3) is 0.222. The van der Waals surface area contributed by atoms with Crippen LogP contribution in [-0.2, 0) is 22.4 Å². The fourth-order valence-corrected chi connectivity index (χ4v) is 4.46. The maximum Gasteiger partial charge on any atom is 0.339 e. The maximum absolute atomic E-state index is 13.1. The molecule has 1 atom stereocenters. The van der Waals surface area contributed by atoms with Crippen molar-refractivity contribution in [1.82, 2.24) is 4.98 Å². The van der Waals surface area contributed by atoms with E-state index in [0.717, 1.165) is 52.2 Å². The minimum atomic E-state index is -0.470. The van der Waals surface area contributed by atoms with Gasteiger partial charge in [-0.15, -0.1) is 0 Å². The molecule has 5 nitrogen and oxygen atoms in total. The molecule has 1 aliphatic rings. The zero-order chi connectivity index (χ0) is 22.1. The number of rotatable bonds is 4. The van der Waals surface area contributed by atoms with E-state index < -0.39 is 5.97 Å². The Hall–Kier alpha value is -3.73. The Balaban J connectivity index is 1.35. The Morgan fingerprint density at radius 1 is 1.03 bits per heavy atom. The molecule has 0 saturated heterocycles. The summed E-state index contributed by atoms with van der Waals surface area (Å²) in [7, 11) is 0. The van der Waals surface area contributed by atoms with Gasteiger partial charge in [0.2, 0.25) is 0 Å². The van der Waals surface area contributed by atoms with Crippen LogP contribution in [0.4, 0.5) is 5.69 Å². The first kappa shape index (κ1) is 20.2. The van der Waals surface area contributed by atoms with E-state index >= 15 is 0 Å². The number of para-hydroxylation sites is 1. The highest BCUT2D eigenvalue weighted by Crippen LogP contribution is 2.32. The van der Waals surface area contributed by atoms with Crippen LogP contribution in [0.3, 0.4) is 0 Å². The number of anilines is 1. The van der Waals surface area contributed by atoms with E-state index in [1.54, 1.807) is 0 Å². The fourth-order valence-electron chi connectivity index (χ4n) is 4.46. The molecule has 5 heteroatoms. The zero-order valence-corrected chi connectivity index (χ0v) is 17.9. The first-order chi connectivity index (χ1) is 15.6. The second-order valence-corrected chi connectivity index (χ2v) is 8.46. The highest BCUT2D eigenvalue weighted by Gasteiger charge is 2.26. The summed E-state index contributed by atoms with van der Waals surface area (Å²) in [6.45, 7) is 1.84. The van der Waals surface area contributed by atoms with Crippen molar-refractivity contribution < 1.29 is 14.3 Å². The molecule has 1 aliphatic carbocycles. The molecule has 1 amide bonds. The molecule has 1 N–H and O–H groups in total. The standard InChI is InChI=1S/C27H24N2O3/c1-17-10-13-24-22(14-17)26(21-8-4-5-9-23(21)29-24)27(31)32-16-25(30)28-20-12-11-18-6-2-3-7-19(18)15-20/h2-9,11-12,15,17H,10,13-14,16H2,1H3,(H,28,30)/t17-/m1/s1. The van der Waals surface area contributed by atoms with E-state index in [4.69, 9.17) is 9.72 Å². The molecule has 0 aliphatic heterocycles. The van der Waals surface area contributed by atoms with Gasteiger partial charge in [0.15, 0.2) is 6.61 Å². The number of nitrogens with one attached hydrogen (secondary N) is 1. The van der Waals surface area contributed by atoms with Crippen LogP contribution in [-0.4, -0.2) is 23.5 Å². The van der Waals surface area contributed by atoms with Crippen LogP contribution in [0, 0.1) is 5.92 Å². The van der Waals surface area contributed by atoms with E-state index in [1.165, 1.54) is 0 Å². The lowest BCUT2D eigenvalue weighted by Gasteiger charge is -2.24. The van der Waals surface area contributed by atoms with Crippen LogP contribution in [0.2, 0.25) is 0 Å². The molecule has 0 unspecified atom stereocenters. The number of pyridine rings is 1. The number of aryl methyl sites for hydroxylation is 1. The normalized spacial score (nSPS) is 15.3. The molecule has 0 bridgehead atoms. The first-order valence-corrected chi connectivity index (χ1v) is 10.9. The largest absolute Gasteiger partial charge is 0.452 e. The summed E-state index contributed by atoms with van der Waals surface area (Å²) >= 11 is 0. The lowest BCUT2D eigenvalue weighted by molar-refractivity contribution is -0.119. The van der Waals surface area contributed by atoms with Gasteiger partial charge in [-0.3, -0.25) is 9.78 Å². The summed E-state index contributed by atoms with van der Waals surface area (Å²) in [5, 5.41) is 5.73. The monoisotopic (exact) mass is 424 g/mol. The minimum Gasteiger partial charge on any atom is -0.452 e.